The maximum absolute atomic E-state index is 13.8. The predicted molar refractivity (Wildman–Crippen MR) is 97.9 cm³/mol. The standard InChI is InChI=1S/C19H21ClFN3O2/c1-12(22-18(25)10-14-15(20)6-4-7-16(14)21)11-24-19(26)9-13-5-2-3-8-17(13)23-24/h4,6-7,9,12H,2-3,5,8,10-11H2,1H3,(H,22,25)/t12-/m0/s1. The molecule has 0 saturated heterocycles. The van der Waals surface area contributed by atoms with Gasteiger partial charge < -0.3 is 5.32 Å². The first-order valence-corrected chi connectivity index (χ1v) is 9.14. The number of nitrogens with one attached hydrogen (secondary N) is 1. The molecule has 0 unspecified atom stereocenters. The first-order chi connectivity index (χ1) is 12.4. The molecule has 5 nitrogen and oxygen atoms in total. The zero-order valence-corrected chi connectivity index (χ0v) is 15.4. The normalized spacial score (nSPS) is 14.6. The fourth-order valence-corrected chi connectivity index (χ4v) is 3.45. The van der Waals surface area contributed by atoms with Gasteiger partial charge in [-0.2, -0.15) is 5.10 Å². The van der Waals surface area contributed by atoms with E-state index in [2.05, 4.69) is 10.4 Å². The van der Waals surface area contributed by atoms with Crippen molar-refractivity contribution in [2.24, 2.45) is 0 Å². The summed E-state index contributed by atoms with van der Waals surface area (Å²) in [7, 11) is 0. The quantitative estimate of drug-likeness (QED) is 0.871. The van der Waals surface area contributed by atoms with Crippen molar-refractivity contribution < 1.29 is 9.18 Å². The number of hydrogen-bond donors (Lipinski definition) is 1. The number of halogens is 2. The van der Waals surface area contributed by atoms with Gasteiger partial charge in [-0.3, -0.25) is 9.59 Å². The van der Waals surface area contributed by atoms with E-state index < -0.39 is 5.82 Å². The number of nitrogens with zero attached hydrogens (tertiary/aromatic N) is 2. The van der Waals surface area contributed by atoms with Gasteiger partial charge in [0.2, 0.25) is 5.91 Å². The first kappa shape index (κ1) is 18.6. The molecule has 138 valence electrons. The maximum Gasteiger partial charge on any atom is 0.267 e. The molecule has 0 bridgehead atoms. The van der Waals surface area contributed by atoms with Gasteiger partial charge in [0, 0.05) is 22.7 Å². The van der Waals surface area contributed by atoms with Crippen molar-refractivity contribution in [3.8, 4) is 0 Å². The molecule has 0 aliphatic heterocycles. The average molecular weight is 378 g/mol. The lowest BCUT2D eigenvalue weighted by atomic mass is 9.97. The number of amides is 1. The van der Waals surface area contributed by atoms with Gasteiger partial charge in [0.1, 0.15) is 5.82 Å². The fraction of sp³-hybridized carbons (Fsp3) is 0.421. The van der Waals surface area contributed by atoms with Crippen LogP contribution in [-0.4, -0.2) is 21.7 Å². The number of aryl methyl sites for hydroxylation is 2. The van der Waals surface area contributed by atoms with Crippen LogP contribution in [0.3, 0.4) is 0 Å². The highest BCUT2D eigenvalue weighted by molar-refractivity contribution is 6.31. The number of hydrogen-bond acceptors (Lipinski definition) is 3. The Morgan fingerprint density at radius 2 is 2.15 bits per heavy atom. The second-order valence-electron chi connectivity index (χ2n) is 6.69. The third-order valence-electron chi connectivity index (χ3n) is 4.53. The molecule has 1 atom stereocenters. The van der Waals surface area contributed by atoms with Gasteiger partial charge in [0.15, 0.2) is 0 Å². The van der Waals surface area contributed by atoms with Gasteiger partial charge in [-0.15, -0.1) is 0 Å². The molecule has 1 aromatic carbocycles. The van der Waals surface area contributed by atoms with Crippen molar-refractivity contribution in [3.63, 3.8) is 0 Å². The van der Waals surface area contributed by atoms with Crippen molar-refractivity contribution in [1.29, 1.82) is 0 Å². The molecule has 0 spiro atoms. The Morgan fingerprint density at radius 3 is 2.92 bits per heavy atom. The molecular formula is C19H21ClFN3O2. The molecular weight excluding hydrogens is 357 g/mol. The summed E-state index contributed by atoms with van der Waals surface area (Å²) in [5, 5.41) is 7.44. The number of fused-ring (bicyclic) bond motifs is 1. The van der Waals surface area contributed by atoms with E-state index >= 15 is 0 Å². The number of rotatable bonds is 5. The molecule has 1 aliphatic rings. The molecule has 0 fully saturated rings. The Bertz CT molecular complexity index is 861. The molecule has 2 aromatic rings. The van der Waals surface area contributed by atoms with E-state index in [4.69, 9.17) is 11.6 Å². The zero-order valence-electron chi connectivity index (χ0n) is 14.6. The monoisotopic (exact) mass is 377 g/mol. The van der Waals surface area contributed by atoms with Gasteiger partial charge in [0.25, 0.3) is 5.56 Å². The lowest BCUT2D eigenvalue weighted by Crippen LogP contribution is -2.40. The van der Waals surface area contributed by atoms with Crippen LogP contribution in [-0.2, 0) is 30.6 Å². The minimum atomic E-state index is -0.507. The van der Waals surface area contributed by atoms with Crippen LogP contribution in [0.25, 0.3) is 0 Å². The third-order valence-corrected chi connectivity index (χ3v) is 4.88. The van der Waals surface area contributed by atoms with Gasteiger partial charge >= 0.3 is 0 Å². The Hall–Kier alpha value is -2.21. The van der Waals surface area contributed by atoms with Crippen molar-refractivity contribution in [2.75, 3.05) is 0 Å². The van der Waals surface area contributed by atoms with Gasteiger partial charge in [0.05, 0.1) is 18.7 Å². The summed E-state index contributed by atoms with van der Waals surface area (Å²) in [4.78, 5) is 24.4. The van der Waals surface area contributed by atoms with E-state index in [0.29, 0.717) is 0 Å². The van der Waals surface area contributed by atoms with Crippen molar-refractivity contribution in [3.05, 3.63) is 62.3 Å². The predicted octanol–water partition coefficient (Wildman–Crippen LogP) is 2.66. The molecule has 1 amide bonds. The van der Waals surface area contributed by atoms with Gasteiger partial charge in [-0.1, -0.05) is 17.7 Å². The van der Waals surface area contributed by atoms with E-state index in [1.54, 1.807) is 19.1 Å². The summed E-state index contributed by atoms with van der Waals surface area (Å²) < 4.78 is 15.2. The molecule has 3 rings (SSSR count). The Balaban J connectivity index is 1.64. The van der Waals surface area contributed by atoms with Crippen LogP contribution in [0.4, 0.5) is 4.39 Å². The van der Waals surface area contributed by atoms with Crippen LogP contribution in [0.1, 0.15) is 36.6 Å². The average Bonchev–Trinajstić information content (AvgIpc) is 2.59. The smallest absolute Gasteiger partial charge is 0.267 e. The summed E-state index contributed by atoms with van der Waals surface area (Å²) >= 11 is 5.95. The highest BCUT2D eigenvalue weighted by Gasteiger charge is 2.17. The second kappa shape index (κ2) is 7.99. The summed E-state index contributed by atoms with van der Waals surface area (Å²) in [6.07, 6.45) is 3.79. The van der Waals surface area contributed by atoms with E-state index in [-0.39, 0.29) is 41.1 Å². The maximum atomic E-state index is 13.8. The highest BCUT2D eigenvalue weighted by atomic mass is 35.5. The second-order valence-corrected chi connectivity index (χ2v) is 7.10. The van der Waals surface area contributed by atoms with E-state index in [1.807, 2.05) is 0 Å². The Kier molecular flexibility index (Phi) is 5.71. The first-order valence-electron chi connectivity index (χ1n) is 8.76. The third kappa shape index (κ3) is 4.30. The van der Waals surface area contributed by atoms with Crippen LogP contribution >= 0.6 is 11.6 Å². The number of carbonyl (C=O) groups is 1. The number of benzene rings is 1. The van der Waals surface area contributed by atoms with Crippen molar-refractivity contribution in [1.82, 2.24) is 15.1 Å². The highest BCUT2D eigenvalue weighted by Crippen LogP contribution is 2.19. The lowest BCUT2D eigenvalue weighted by molar-refractivity contribution is -0.121. The molecule has 1 N–H and O–H groups in total. The van der Waals surface area contributed by atoms with E-state index in [1.165, 1.54) is 16.8 Å². The Morgan fingerprint density at radius 1 is 1.38 bits per heavy atom. The van der Waals surface area contributed by atoms with Gasteiger partial charge in [-0.25, -0.2) is 9.07 Å². The van der Waals surface area contributed by atoms with Gasteiger partial charge in [-0.05, 0) is 50.3 Å². The van der Waals surface area contributed by atoms with Crippen molar-refractivity contribution >= 4 is 17.5 Å². The molecule has 1 heterocycles. The summed E-state index contributed by atoms with van der Waals surface area (Å²) in [5.74, 6) is -0.858. The van der Waals surface area contributed by atoms with Crippen LogP contribution in [0.2, 0.25) is 5.02 Å². The molecule has 1 aliphatic carbocycles. The van der Waals surface area contributed by atoms with Crippen LogP contribution in [0.5, 0.6) is 0 Å². The molecule has 0 saturated carbocycles. The van der Waals surface area contributed by atoms with Crippen LogP contribution in [0.15, 0.2) is 29.1 Å². The van der Waals surface area contributed by atoms with E-state index in [9.17, 15) is 14.0 Å². The topological polar surface area (TPSA) is 64.0 Å². The number of carbonyl (C=O) groups excluding carboxylic acids is 1. The molecule has 26 heavy (non-hydrogen) atoms. The molecule has 0 radical (unpaired) electrons. The summed E-state index contributed by atoms with van der Waals surface area (Å²) in [5.41, 5.74) is 2.00. The Labute approximate surface area is 156 Å². The molecule has 1 aromatic heterocycles. The zero-order chi connectivity index (χ0) is 18.7. The number of aromatic nitrogens is 2. The minimum Gasteiger partial charge on any atom is -0.351 e. The molecule has 7 heteroatoms. The fourth-order valence-electron chi connectivity index (χ4n) is 3.22. The largest absolute Gasteiger partial charge is 0.351 e. The minimum absolute atomic E-state index is 0.150. The SMILES string of the molecule is C[C@@H](Cn1nc2c(cc1=O)CCCC2)NC(=O)Cc1c(F)cccc1Cl. The van der Waals surface area contributed by atoms with Crippen molar-refractivity contribution in [2.45, 2.75) is 51.6 Å². The van der Waals surface area contributed by atoms with E-state index in [0.717, 1.165) is 36.9 Å². The van der Waals surface area contributed by atoms with Crippen LogP contribution < -0.4 is 10.9 Å². The summed E-state index contributed by atoms with van der Waals surface area (Å²) in [6, 6.07) is 5.65. The summed E-state index contributed by atoms with van der Waals surface area (Å²) in [6.45, 7) is 2.05. The van der Waals surface area contributed by atoms with Crippen LogP contribution in [0, 0.1) is 5.82 Å². The lowest BCUT2D eigenvalue weighted by Gasteiger charge is -2.19.